The van der Waals surface area contributed by atoms with Gasteiger partial charge in [0, 0.05) is 25.6 Å². The summed E-state index contributed by atoms with van der Waals surface area (Å²) >= 11 is 0. The quantitative estimate of drug-likeness (QED) is 0.912. The van der Waals surface area contributed by atoms with Gasteiger partial charge in [0.1, 0.15) is 0 Å². The minimum Gasteiger partial charge on any atom is -0.355 e. The van der Waals surface area contributed by atoms with Gasteiger partial charge in [0.15, 0.2) is 0 Å². The molecule has 0 bridgehead atoms. The lowest BCUT2D eigenvalue weighted by Crippen LogP contribution is -2.48. The summed E-state index contributed by atoms with van der Waals surface area (Å²) in [7, 11) is 0. The maximum atomic E-state index is 12.2. The van der Waals surface area contributed by atoms with Crippen LogP contribution in [0, 0.1) is 5.92 Å². The van der Waals surface area contributed by atoms with Gasteiger partial charge in [-0.3, -0.25) is 4.79 Å². The molecule has 0 radical (unpaired) electrons. The zero-order chi connectivity index (χ0) is 13.9. The molecule has 3 nitrogen and oxygen atoms in total. The Hall–Kier alpha value is -1.58. The van der Waals surface area contributed by atoms with Crippen molar-refractivity contribution in [2.24, 2.45) is 5.92 Å². The molecule has 0 spiro atoms. The predicted molar refractivity (Wildman–Crippen MR) is 89.0 cm³/mol. The Kier molecular flexibility index (Phi) is 5.21. The molecular formula is C17H21ClN2O. The van der Waals surface area contributed by atoms with Crippen LogP contribution in [0.1, 0.15) is 18.4 Å². The maximum Gasteiger partial charge on any atom is 0.227 e. The molecule has 1 atom stereocenters. The van der Waals surface area contributed by atoms with E-state index in [0.29, 0.717) is 5.92 Å². The fourth-order valence-corrected chi connectivity index (χ4v) is 2.52. The van der Waals surface area contributed by atoms with Gasteiger partial charge in [-0.25, -0.2) is 0 Å². The van der Waals surface area contributed by atoms with Gasteiger partial charge in [0.25, 0.3) is 0 Å². The second-order valence-corrected chi connectivity index (χ2v) is 5.60. The lowest BCUT2D eigenvalue weighted by molar-refractivity contribution is -0.122. The third-order valence-electron chi connectivity index (χ3n) is 4.10. The zero-order valence-electron chi connectivity index (χ0n) is 12.1. The molecule has 4 heteroatoms. The molecule has 1 unspecified atom stereocenters. The average molecular weight is 305 g/mol. The van der Waals surface area contributed by atoms with Crippen LogP contribution >= 0.6 is 12.4 Å². The molecule has 1 fully saturated rings. The van der Waals surface area contributed by atoms with Gasteiger partial charge in [0.05, 0.1) is 5.92 Å². The minimum absolute atomic E-state index is 0. The molecule has 1 aliphatic rings. The van der Waals surface area contributed by atoms with Crippen molar-refractivity contribution in [2.45, 2.75) is 12.8 Å². The number of halogens is 1. The van der Waals surface area contributed by atoms with E-state index >= 15 is 0 Å². The third-order valence-corrected chi connectivity index (χ3v) is 4.10. The Labute approximate surface area is 131 Å². The molecule has 1 amide bonds. The second kappa shape index (κ2) is 6.92. The fourth-order valence-electron chi connectivity index (χ4n) is 2.52. The van der Waals surface area contributed by atoms with E-state index in [1.807, 2.05) is 19.1 Å². The standard InChI is InChI=1S/C17H20N2O.ClH/c1-12(17(20)19-11-13-9-18-10-13)15-7-6-14-4-2-3-5-16(14)8-15;/h2-8,12-13,18H,9-11H2,1H3,(H,19,20);1H. The maximum absolute atomic E-state index is 12.2. The van der Waals surface area contributed by atoms with Crippen molar-refractivity contribution in [3.8, 4) is 0 Å². The van der Waals surface area contributed by atoms with E-state index in [2.05, 4.69) is 41.0 Å². The molecule has 2 N–H and O–H groups in total. The summed E-state index contributed by atoms with van der Waals surface area (Å²) < 4.78 is 0. The first kappa shape index (κ1) is 15.8. The van der Waals surface area contributed by atoms with Crippen LogP contribution in [0.2, 0.25) is 0 Å². The first-order valence-corrected chi connectivity index (χ1v) is 7.21. The van der Waals surface area contributed by atoms with Gasteiger partial charge in [-0.1, -0.05) is 42.5 Å². The Balaban J connectivity index is 0.00000161. The highest BCUT2D eigenvalue weighted by molar-refractivity contribution is 5.87. The van der Waals surface area contributed by atoms with Gasteiger partial charge < -0.3 is 10.6 Å². The third kappa shape index (κ3) is 3.55. The molecule has 0 aromatic heterocycles. The van der Waals surface area contributed by atoms with Crippen molar-refractivity contribution >= 4 is 29.1 Å². The number of carbonyl (C=O) groups excluding carboxylic acids is 1. The van der Waals surface area contributed by atoms with E-state index in [-0.39, 0.29) is 24.2 Å². The van der Waals surface area contributed by atoms with Crippen LogP contribution in [-0.4, -0.2) is 25.5 Å². The smallest absolute Gasteiger partial charge is 0.227 e. The summed E-state index contributed by atoms with van der Waals surface area (Å²) in [6.45, 7) is 4.79. The normalized spacial score (nSPS) is 15.9. The van der Waals surface area contributed by atoms with E-state index in [4.69, 9.17) is 0 Å². The summed E-state index contributed by atoms with van der Waals surface area (Å²) in [5.74, 6) is 0.613. The number of hydrogen-bond acceptors (Lipinski definition) is 2. The zero-order valence-corrected chi connectivity index (χ0v) is 13.0. The van der Waals surface area contributed by atoms with Crippen molar-refractivity contribution in [3.63, 3.8) is 0 Å². The van der Waals surface area contributed by atoms with Gasteiger partial charge in [0.2, 0.25) is 5.91 Å². The summed E-state index contributed by atoms with van der Waals surface area (Å²) in [6.07, 6.45) is 0. The minimum atomic E-state index is -0.104. The number of nitrogens with one attached hydrogen (secondary N) is 2. The summed E-state index contributed by atoms with van der Waals surface area (Å²) in [5, 5.41) is 8.67. The topological polar surface area (TPSA) is 41.1 Å². The largest absolute Gasteiger partial charge is 0.355 e. The number of rotatable bonds is 4. The average Bonchev–Trinajstić information content (AvgIpc) is 2.44. The van der Waals surface area contributed by atoms with Crippen LogP contribution in [0.25, 0.3) is 10.8 Å². The number of fused-ring (bicyclic) bond motifs is 1. The van der Waals surface area contributed by atoms with E-state index < -0.39 is 0 Å². The molecule has 2 aromatic rings. The van der Waals surface area contributed by atoms with Crippen LogP contribution in [0.4, 0.5) is 0 Å². The number of benzene rings is 2. The second-order valence-electron chi connectivity index (χ2n) is 5.60. The van der Waals surface area contributed by atoms with Crippen molar-refractivity contribution in [1.29, 1.82) is 0 Å². The molecule has 0 aliphatic carbocycles. The SMILES string of the molecule is CC(C(=O)NCC1CNC1)c1ccc2ccccc2c1.Cl. The van der Waals surface area contributed by atoms with Crippen LogP contribution in [0.15, 0.2) is 42.5 Å². The molecular weight excluding hydrogens is 284 g/mol. The lowest BCUT2D eigenvalue weighted by atomic mass is 9.96. The van der Waals surface area contributed by atoms with Crippen molar-refractivity contribution in [1.82, 2.24) is 10.6 Å². The lowest BCUT2D eigenvalue weighted by Gasteiger charge is -2.27. The van der Waals surface area contributed by atoms with Crippen molar-refractivity contribution < 1.29 is 4.79 Å². The first-order valence-electron chi connectivity index (χ1n) is 7.21. The fraction of sp³-hybridized carbons (Fsp3) is 0.353. The van der Waals surface area contributed by atoms with Crippen LogP contribution in [-0.2, 0) is 4.79 Å². The Morgan fingerprint density at radius 3 is 2.62 bits per heavy atom. The number of amides is 1. The number of hydrogen-bond donors (Lipinski definition) is 2. The summed E-state index contributed by atoms with van der Waals surface area (Å²) in [4.78, 5) is 12.2. The van der Waals surface area contributed by atoms with Crippen molar-refractivity contribution in [2.75, 3.05) is 19.6 Å². The van der Waals surface area contributed by atoms with Crippen LogP contribution in [0.3, 0.4) is 0 Å². The van der Waals surface area contributed by atoms with Gasteiger partial charge in [-0.15, -0.1) is 12.4 Å². The molecule has 2 aromatic carbocycles. The van der Waals surface area contributed by atoms with E-state index in [1.54, 1.807) is 0 Å². The van der Waals surface area contributed by atoms with E-state index in [9.17, 15) is 4.79 Å². The monoisotopic (exact) mass is 304 g/mol. The molecule has 0 saturated carbocycles. The molecule has 1 saturated heterocycles. The van der Waals surface area contributed by atoms with Crippen LogP contribution in [0.5, 0.6) is 0 Å². The highest BCUT2D eigenvalue weighted by Gasteiger charge is 2.20. The molecule has 21 heavy (non-hydrogen) atoms. The molecule has 112 valence electrons. The highest BCUT2D eigenvalue weighted by atomic mass is 35.5. The van der Waals surface area contributed by atoms with Gasteiger partial charge in [-0.05, 0) is 23.3 Å². The Morgan fingerprint density at radius 1 is 1.24 bits per heavy atom. The number of carbonyl (C=O) groups is 1. The molecule has 3 rings (SSSR count). The first-order chi connectivity index (χ1) is 9.74. The Morgan fingerprint density at radius 2 is 1.95 bits per heavy atom. The van der Waals surface area contributed by atoms with E-state index in [0.717, 1.165) is 25.2 Å². The summed E-state index contributed by atoms with van der Waals surface area (Å²) in [5.41, 5.74) is 1.08. The predicted octanol–water partition coefficient (Wildman–Crippen LogP) is 2.70. The van der Waals surface area contributed by atoms with Gasteiger partial charge >= 0.3 is 0 Å². The molecule has 1 heterocycles. The van der Waals surface area contributed by atoms with E-state index in [1.165, 1.54) is 10.8 Å². The Bertz CT molecular complexity index is 625. The highest BCUT2D eigenvalue weighted by Crippen LogP contribution is 2.21. The van der Waals surface area contributed by atoms with Gasteiger partial charge in [-0.2, -0.15) is 0 Å². The summed E-state index contributed by atoms with van der Waals surface area (Å²) in [6, 6.07) is 14.5. The molecule has 1 aliphatic heterocycles. The van der Waals surface area contributed by atoms with Crippen molar-refractivity contribution in [3.05, 3.63) is 48.0 Å². The van der Waals surface area contributed by atoms with Crippen LogP contribution < -0.4 is 10.6 Å².